The van der Waals surface area contributed by atoms with Crippen molar-refractivity contribution in [3.05, 3.63) is 71.3 Å². The van der Waals surface area contributed by atoms with Crippen molar-refractivity contribution >= 4 is 23.4 Å². The number of halogens is 3. The molecule has 32 heavy (non-hydrogen) atoms. The van der Waals surface area contributed by atoms with Crippen LogP contribution in [0.15, 0.2) is 54.6 Å². The average Bonchev–Trinajstić information content (AvgIpc) is 3.07. The van der Waals surface area contributed by atoms with E-state index in [9.17, 15) is 18.0 Å². The van der Waals surface area contributed by atoms with Gasteiger partial charge in [-0.3, -0.25) is 4.90 Å². The highest BCUT2D eigenvalue weighted by Gasteiger charge is 2.47. The molecule has 0 unspecified atom stereocenters. The van der Waals surface area contributed by atoms with Crippen LogP contribution in [0.1, 0.15) is 29.5 Å². The second-order valence-electron chi connectivity index (χ2n) is 8.23. The molecule has 2 aliphatic rings. The van der Waals surface area contributed by atoms with Crippen molar-refractivity contribution < 1.29 is 22.7 Å². The van der Waals surface area contributed by atoms with Gasteiger partial charge in [0.05, 0.1) is 12.1 Å². The minimum atomic E-state index is -4.38. The van der Waals surface area contributed by atoms with Crippen LogP contribution in [0.3, 0.4) is 0 Å². The van der Waals surface area contributed by atoms with E-state index >= 15 is 0 Å². The molecule has 2 aromatic carbocycles. The third-order valence-corrected chi connectivity index (χ3v) is 6.35. The molecule has 0 radical (unpaired) electrons. The number of rotatable bonds is 4. The van der Waals surface area contributed by atoms with E-state index in [1.54, 1.807) is 4.90 Å². The largest absolute Gasteiger partial charge is 0.441 e. The highest BCUT2D eigenvalue weighted by Crippen LogP contribution is 2.34. The Bertz CT molecular complexity index is 959. The number of ether oxygens (including phenoxy) is 1. The molecule has 170 valence electrons. The second-order valence-corrected chi connectivity index (χ2v) is 8.62. The molecule has 2 fully saturated rings. The van der Waals surface area contributed by atoms with Crippen LogP contribution in [-0.2, 0) is 24.0 Å². The van der Waals surface area contributed by atoms with Gasteiger partial charge < -0.3 is 15.0 Å². The Balaban J connectivity index is 1.29. The van der Waals surface area contributed by atoms with E-state index in [0.717, 1.165) is 17.7 Å². The summed E-state index contributed by atoms with van der Waals surface area (Å²) in [5.41, 5.74) is 0.503. The number of carbonyl (C=O) groups is 1. The number of benzene rings is 2. The first-order chi connectivity index (χ1) is 15.2. The van der Waals surface area contributed by atoms with Crippen LogP contribution in [0.25, 0.3) is 0 Å². The van der Waals surface area contributed by atoms with E-state index in [1.807, 2.05) is 30.3 Å². The van der Waals surface area contributed by atoms with Crippen molar-refractivity contribution in [1.82, 2.24) is 15.1 Å². The van der Waals surface area contributed by atoms with Crippen LogP contribution in [0.4, 0.5) is 18.0 Å². The van der Waals surface area contributed by atoms with Gasteiger partial charge in [0.25, 0.3) is 0 Å². The fourth-order valence-corrected chi connectivity index (χ4v) is 4.35. The normalized spacial score (nSPS) is 18.0. The lowest BCUT2D eigenvalue weighted by molar-refractivity contribution is -0.137. The Hall–Kier alpha value is -2.81. The van der Waals surface area contributed by atoms with E-state index in [4.69, 9.17) is 17.0 Å². The first-order valence-corrected chi connectivity index (χ1v) is 10.9. The number of amides is 1. The summed E-state index contributed by atoms with van der Waals surface area (Å²) in [5.74, 6) is 0. The number of hydrogen-bond donors (Lipinski definition) is 1. The number of likely N-dealkylation sites (tertiary alicyclic amines) is 1. The summed E-state index contributed by atoms with van der Waals surface area (Å²) in [4.78, 5) is 16.1. The number of alkyl halides is 3. The highest BCUT2D eigenvalue weighted by molar-refractivity contribution is 7.80. The molecule has 0 atom stereocenters. The molecule has 2 heterocycles. The molecule has 2 aromatic rings. The fourth-order valence-electron chi connectivity index (χ4n) is 4.10. The summed E-state index contributed by atoms with van der Waals surface area (Å²) in [7, 11) is 0. The molecule has 0 aromatic heterocycles. The maximum atomic E-state index is 12.7. The fraction of sp³-hybridized carbons (Fsp3) is 0.391. The first-order valence-electron chi connectivity index (χ1n) is 10.4. The Kier molecular flexibility index (Phi) is 6.28. The Morgan fingerprint density at radius 2 is 1.69 bits per heavy atom. The lowest BCUT2D eigenvalue weighted by Crippen LogP contribution is -2.51. The van der Waals surface area contributed by atoms with Crippen molar-refractivity contribution in [2.75, 3.05) is 19.6 Å². The molecule has 2 saturated heterocycles. The van der Waals surface area contributed by atoms with E-state index in [-0.39, 0.29) is 6.54 Å². The van der Waals surface area contributed by atoms with E-state index in [1.165, 1.54) is 12.1 Å². The van der Waals surface area contributed by atoms with Gasteiger partial charge in [-0.1, -0.05) is 42.5 Å². The maximum absolute atomic E-state index is 12.7. The number of nitrogens with one attached hydrogen (secondary N) is 1. The van der Waals surface area contributed by atoms with Crippen LogP contribution in [0.2, 0.25) is 0 Å². The Labute approximate surface area is 190 Å². The molecule has 2 aliphatic heterocycles. The average molecular weight is 464 g/mol. The minimum Gasteiger partial charge on any atom is -0.441 e. The summed E-state index contributed by atoms with van der Waals surface area (Å²) in [6.45, 7) is 2.63. The van der Waals surface area contributed by atoms with Crippen LogP contribution in [-0.4, -0.2) is 46.2 Å². The van der Waals surface area contributed by atoms with Crippen molar-refractivity contribution in [2.45, 2.75) is 37.7 Å². The molecule has 9 heteroatoms. The highest BCUT2D eigenvalue weighted by atomic mass is 32.1. The molecule has 0 saturated carbocycles. The number of carbonyl (C=O) groups excluding carboxylic acids is 1. The van der Waals surface area contributed by atoms with Crippen molar-refractivity contribution in [3.8, 4) is 0 Å². The molecule has 0 aliphatic carbocycles. The summed E-state index contributed by atoms with van der Waals surface area (Å²) < 4.78 is 44.0. The maximum Gasteiger partial charge on any atom is 0.416 e. The minimum absolute atomic E-state index is 0.222. The molecule has 1 spiro atoms. The first kappa shape index (κ1) is 22.4. The van der Waals surface area contributed by atoms with Crippen molar-refractivity contribution in [1.29, 1.82) is 0 Å². The third-order valence-electron chi connectivity index (χ3n) is 5.94. The number of piperidine rings is 1. The van der Waals surface area contributed by atoms with Gasteiger partial charge in [-0.05, 0) is 35.5 Å². The SMILES string of the molecule is O=C1OC2(CCN(C(=S)NCc3ccccc3)CC2)CN1Cc1ccc(C(F)(F)F)cc1. The van der Waals surface area contributed by atoms with Gasteiger partial charge in [0.15, 0.2) is 5.11 Å². The molecule has 5 nitrogen and oxygen atoms in total. The van der Waals surface area contributed by atoms with Crippen molar-refractivity contribution in [2.24, 2.45) is 0 Å². The quantitative estimate of drug-likeness (QED) is 0.674. The van der Waals surface area contributed by atoms with Gasteiger partial charge in [0, 0.05) is 39.0 Å². The van der Waals surface area contributed by atoms with E-state index in [0.29, 0.717) is 49.7 Å². The lowest BCUT2D eigenvalue weighted by atomic mass is 9.91. The molecular formula is C23H24F3N3O2S. The summed E-state index contributed by atoms with van der Waals surface area (Å²) in [6, 6.07) is 14.9. The summed E-state index contributed by atoms with van der Waals surface area (Å²) in [6.07, 6.45) is -3.51. The standard InChI is InChI=1S/C23H24F3N3O2S/c24-23(25,26)19-8-6-18(7-9-19)15-29-16-22(31-21(29)30)10-12-28(13-11-22)20(32)27-14-17-4-2-1-3-5-17/h1-9H,10-16H2,(H,27,32). The number of thiocarbonyl (C=S) groups is 1. The van der Waals surface area contributed by atoms with Crippen LogP contribution >= 0.6 is 12.2 Å². The number of hydrogen-bond acceptors (Lipinski definition) is 3. The molecule has 0 bridgehead atoms. The van der Waals surface area contributed by atoms with Crippen LogP contribution in [0.5, 0.6) is 0 Å². The van der Waals surface area contributed by atoms with E-state index < -0.39 is 23.4 Å². The van der Waals surface area contributed by atoms with Crippen LogP contribution < -0.4 is 5.32 Å². The monoisotopic (exact) mass is 463 g/mol. The topological polar surface area (TPSA) is 44.8 Å². The van der Waals surface area contributed by atoms with Crippen molar-refractivity contribution in [3.63, 3.8) is 0 Å². The predicted octanol–water partition coefficient (Wildman–Crippen LogP) is 4.57. The van der Waals surface area contributed by atoms with Gasteiger partial charge in [-0.2, -0.15) is 13.2 Å². The molecule has 1 amide bonds. The van der Waals surface area contributed by atoms with Gasteiger partial charge in [-0.25, -0.2) is 4.79 Å². The Morgan fingerprint density at radius 3 is 2.31 bits per heavy atom. The van der Waals surface area contributed by atoms with Gasteiger partial charge >= 0.3 is 12.3 Å². The molecule has 1 N–H and O–H groups in total. The zero-order valence-electron chi connectivity index (χ0n) is 17.4. The van der Waals surface area contributed by atoms with E-state index in [2.05, 4.69) is 10.2 Å². The predicted molar refractivity (Wildman–Crippen MR) is 118 cm³/mol. The second kappa shape index (κ2) is 8.97. The van der Waals surface area contributed by atoms with Crippen LogP contribution in [0, 0.1) is 0 Å². The third kappa shape index (κ3) is 5.15. The molecule has 4 rings (SSSR count). The van der Waals surface area contributed by atoms with Gasteiger partial charge in [0.2, 0.25) is 0 Å². The summed E-state index contributed by atoms with van der Waals surface area (Å²) in [5, 5.41) is 3.95. The molecular weight excluding hydrogens is 439 g/mol. The number of nitrogens with zero attached hydrogens (tertiary/aromatic N) is 2. The van der Waals surface area contributed by atoms with Gasteiger partial charge in [0.1, 0.15) is 5.60 Å². The smallest absolute Gasteiger partial charge is 0.416 e. The summed E-state index contributed by atoms with van der Waals surface area (Å²) >= 11 is 5.52. The Morgan fingerprint density at radius 1 is 1.03 bits per heavy atom. The zero-order chi connectivity index (χ0) is 22.8. The van der Waals surface area contributed by atoms with Gasteiger partial charge in [-0.15, -0.1) is 0 Å². The lowest BCUT2D eigenvalue weighted by Gasteiger charge is -2.38. The zero-order valence-corrected chi connectivity index (χ0v) is 18.2.